The number of halogens is 4. The summed E-state index contributed by atoms with van der Waals surface area (Å²) >= 11 is 24.8. The molecule has 3 aromatic rings. The average molecular weight is 645 g/mol. The quantitative estimate of drug-likeness (QED) is 0.253. The molecule has 0 heterocycles. The number of hydrogen-bond acceptors (Lipinski definition) is 4. The summed E-state index contributed by atoms with van der Waals surface area (Å²) in [6.45, 7) is 1.68. The predicted octanol–water partition coefficient (Wildman–Crippen LogP) is 6.23. The van der Waals surface area contributed by atoms with Crippen LogP contribution in [-0.4, -0.2) is 50.5 Å². The number of nitrogens with zero attached hydrogens (tertiary/aromatic N) is 2. The lowest BCUT2D eigenvalue weighted by Gasteiger charge is -2.33. The van der Waals surface area contributed by atoms with Crippen molar-refractivity contribution in [1.82, 2.24) is 10.2 Å². The molecule has 0 fully saturated rings. The third-order valence-electron chi connectivity index (χ3n) is 6.04. The van der Waals surface area contributed by atoms with Gasteiger partial charge >= 0.3 is 0 Å². The minimum Gasteiger partial charge on any atom is -0.354 e. The molecule has 1 N–H and O–H groups in total. The molecule has 3 aromatic carbocycles. The van der Waals surface area contributed by atoms with Crippen LogP contribution in [0.15, 0.2) is 66.7 Å². The summed E-state index contributed by atoms with van der Waals surface area (Å²) in [5, 5.41) is 3.61. The van der Waals surface area contributed by atoms with E-state index >= 15 is 0 Å². The molecule has 0 unspecified atom stereocenters. The second-order valence-corrected chi connectivity index (χ2v) is 12.6. The number of carbonyl (C=O) groups is 2. The molecule has 2 amide bonds. The summed E-state index contributed by atoms with van der Waals surface area (Å²) in [7, 11) is -3.99. The molecule has 0 bridgehead atoms. The molecule has 12 heteroatoms. The molecule has 3 rings (SSSR count). The molecule has 40 heavy (non-hydrogen) atoms. The van der Waals surface area contributed by atoms with Gasteiger partial charge in [-0.3, -0.25) is 13.9 Å². The number of benzene rings is 3. The van der Waals surface area contributed by atoms with Gasteiger partial charge in [0.05, 0.1) is 32.0 Å². The van der Waals surface area contributed by atoms with Crippen LogP contribution in [0.25, 0.3) is 0 Å². The van der Waals surface area contributed by atoms with Gasteiger partial charge in [-0.05, 0) is 41.8 Å². The van der Waals surface area contributed by atoms with Gasteiger partial charge in [0.15, 0.2) is 0 Å². The van der Waals surface area contributed by atoms with E-state index in [1.165, 1.54) is 23.1 Å². The molecule has 0 spiro atoms. The smallest absolute Gasteiger partial charge is 0.244 e. The van der Waals surface area contributed by atoms with E-state index in [-0.39, 0.29) is 39.6 Å². The van der Waals surface area contributed by atoms with Crippen molar-refractivity contribution in [3.63, 3.8) is 0 Å². The van der Waals surface area contributed by atoms with Crippen LogP contribution in [0.1, 0.15) is 24.5 Å². The van der Waals surface area contributed by atoms with Gasteiger partial charge in [0, 0.05) is 19.5 Å². The van der Waals surface area contributed by atoms with Gasteiger partial charge in [0.2, 0.25) is 21.8 Å². The molecular weight excluding hydrogens is 616 g/mol. The third-order valence-corrected chi connectivity index (χ3v) is 8.71. The Balaban J connectivity index is 2.09. The Bertz CT molecular complexity index is 1460. The van der Waals surface area contributed by atoms with Gasteiger partial charge in [0.1, 0.15) is 12.6 Å². The van der Waals surface area contributed by atoms with Crippen LogP contribution in [-0.2, 0) is 32.6 Å². The molecule has 0 saturated carbocycles. The first kappa shape index (κ1) is 32.0. The van der Waals surface area contributed by atoms with Gasteiger partial charge in [0.25, 0.3) is 0 Å². The zero-order valence-electron chi connectivity index (χ0n) is 21.9. The lowest BCUT2D eigenvalue weighted by molar-refractivity contribution is -0.140. The minimum absolute atomic E-state index is 0.0139. The van der Waals surface area contributed by atoms with Crippen molar-refractivity contribution in [2.45, 2.75) is 32.4 Å². The largest absolute Gasteiger partial charge is 0.354 e. The van der Waals surface area contributed by atoms with E-state index in [1.54, 1.807) is 18.2 Å². The van der Waals surface area contributed by atoms with E-state index in [0.29, 0.717) is 23.6 Å². The number of hydrogen-bond donors (Lipinski definition) is 1. The Morgan fingerprint density at radius 1 is 0.875 bits per heavy atom. The first-order valence-electron chi connectivity index (χ1n) is 12.4. The second-order valence-electron chi connectivity index (χ2n) is 9.11. The first-order chi connectivity index (χ1) is 18.9. The highest BCUT2D eigenvalue weighted by Gasteiger charge is 2.33. The van der Waals surface area contributed by atoms with Crippen molar-refractivity contribution in [3.05, 3.63) is 97.9 Å². The van der Waals surface area contributed by atoms with Crippen molar-refractivity contribution >= 4 is 73.9 Å². The molecule has 1 atom stereocenters. The van der Waals surface area contributed by atoms with Gasteiger partial charge < -0.3 is 10.2 Å². The van der Waals surface area contributed by atoms with Gasteiger partial charge in [-0.2, -0.15) is 0 Å². The third kappa shape index (κ3) is 8.51. The Kier molecular flexibility index (Phi) is 11.5. The number of amides is 2. The van der Waals surface area contributed by atoms with Crippen LogP contribution in [0.4, 0.5) is 5.69 Å². The lowest BCUT2D eigenvalue weighted by atomic mass is 10.0. The Morgan fingerprint density at radius 2 is 1.57 bits per heavy atom. The van der Waals surface area contributed by atoms with Crippen molar-refractivity contribution in [3.8, 4) is 0 Å². The number of carbonyl (C=O) groups excluding carboxylic acids is 2. The van der Waals surface area contributed by atoms with Gasteiger partial charge in [-0.25, -0.2) is 8.42 Å². The maximum Gasteiger partial charge on any atom is 0.244 e. The molecule has 0 aliphatic rings. The van der Waals surface area contributed by atoms with Crippen LogP contribution in [0.2, 0.25) is 20.1 Å². The summed E-state index contributed by atoms with van der Waals surface area (Å²) < 4.78 is 26.6. The predicted molar refractivity (Wildman–Crippen MR) is 163 cm³/mol. The van der Waals surface area contributed by atoms with E-state index < -0.39 is 28.5 Å². The fraction of sp³-hybridized carbons (Fsp3) is 0.286. The Morgan fingerprint density at radius 3 is 2.20 bits per heavy atom. The average Bonchev–Trinajstić information content (AvgIpc) is 2.91. The number of rotatable bonds is 12. The Labute approximate surface area is 255 Å². The fourth-order valence-corrected chi connectivity index (χ4v) is 5.66. The first-order valence-corrected chi connectivity index (χ1v) is 15.7. The van der Waals surface area contributed by atoms with E-state index in [1.807, 2.05) is 37.3 Å². The summed E-state index contributed by atoms with van der Waals surface area (Å²) in [5.74, 6) is -0.995. The second kappa shape index (κ2) is 14.4. The van der Waals surface area contributed by atoms with Crippen molar-refractivity contribution in [2.75, 3.05) is 23.7 Å². The molecular formula is C28H29Cl4N3O4S. The minimum atomic E-state index is -3.99. The molecule has 214 valence electrons. The molecule has 0 aliphatic carbocycles. The maximum absolute atomic E-state index is 14.0. The summed E-state index contributed by atoms with van der Waals surface area (Å²) in [5.41, 5.74) is 1.48. The van der Waals surface area contributed by atoms with Crippen LogP contribution < -0.4 is 9.62 Å². The Hall–Kier alpha value is -2.49. The van der Waals surface area contributed by atoms with Crippen molar-refractivity contribution < 1.29 is 18.0 Å². The monoisotopic (exact) mass is 643 g/mol. The molecule has 0 aliphatic heterocycles. The SMILES string of the molecule is CCCNC(=O)[C@H](Cc1ccccc1)N(Cc1ccc(Cl)c(Cl)c1)C(=O)CN(c1cccc(Cl)c1Cl)S(C)(=O)=O. The number of sulfonamides is 1. The molecule has 0 saturated heterocycles. The zero-order chi connectivity index (χ0) is 29.4. The van der Waals surface area contributed by atoms with Crippen LogP contribution in [0.5, 0.6) is 0 Å². The summed E-state index contributed by atoms with van der Waals surface area (Å²) in [6, 6.07) is 17.7. The van der Waals surface area contributed by atoms with Gasteiger partial charge in [-0.15, -0.1) is 0 Å². The number of anilines is 1. The highest BCUT2D eigenvalue weighted by Crippen LogP contribution is 2.34. The molecule has 7 nitrogen and oxygen atoms in total. The highest BCUT2D eigenvalue weighted by molar-refractivity contribution is 7.92. The number of nitrogens with one attached hydrogen (secondary N) is 1. The lowest BCUT2D eigenvalue weighted by Crippen LogP contribution is -2.53. The van der Waals surface area contributed by atoms with Crippen LogP contribution >= 0.6 is 46.4 Å². The maximum atomic E-state index is 14.0. The standard InChI is InChI=1S/C28H29Cl4N3O4S/c1-3-14-33-28(37)25(16-19-8-5-4-6-9-19)34(17-20-12-13-21(29)23(31)15-20)26(36)18-35(40(2,38)39)24-11-7-10-22(30)27(24)32/h4-13,15,25H,3,14,16-18H2,1-2H3,(H,33,37)/t25-/m0/s1. The van der Waals surface area contributed by atoms with E-state index in [9.17, 15) is 18.0 Å². The summed E-state index contributed by atoms with van der Waals surface area (Å²) in [6.07, 6.45) is 1.86. The normalized spacial score (nSPS) is 12.1. The van der Waals surface area contributed by atoms with Gasteiger partial charge in [-0.1, -0.05) is 95.8 Å². The van der Waals surface area contributed by atoms with Crippen LogP contribution in [0, 0.1) is 0 Å². The van der Waals surface area contributed by atoms with Crippen molar-refractivity contribution in [1.29, 1.82) is 0 Å². The fourth-order valence-electron chi connectivity index (χ4n) is 4.03. The topological polar surface area (TPSA) is 86.8 Å². The van der Waals surface area contributed by atoms with E-state index in [0.717, 1.165) is 16.1 Å². The molecule has 0 aromatic heterocycles. The van der Waals surface area contributed by atoms with Crippen LogP contribution in [0.3, 0.4) is 0 Å². The molecule has 0 radical (unpaired) electrons. The van der Waals surface area contributed by atoms with E-state index in [2.05, 4.69) is 5.32 Å². The van der Waals surface area contributed by atoms with Crippen molar-refractivity contribution in [2.24, 2.45) is 0 Å². The van der Waals surface area contributed by atoms with E-state index in [4.69, 9.17) is 46.4 Å². The summed E-state index contributed by atoms with van der Waals surface area (Å²) in [4.78, 5) is 28.9. The zero-order valence-corrected chi connectivity index (χ0v) is 25.8. The highest BCUT2D eigenvalue weighted by atomic mass is 35.5.